The van der Waals surface area contributed by atoms with Crippen LogP contribution < -0.4 is 26.2 Å². The van der Waals surface area contributed by atoms with Crippen molar-refractivity contribution in [1.82, 2.24) is 4.40 Å². The van der Waals surface area contributed by atoms with Gasteiger partial charge in [0.25, 0.3) is 6.71 Å². The van der Waals surface area contributed by atoms with Crippen LogP contribution in [0.3, 0.4) is 0 Å². The molecule has 65 heavy (non-hydrogen) atoms. The molecule has 2 aliphatic heterocycles. The number of nitrogens with zero attached hydrogens (tertiary/aromatic N) is 3. The second-order valence-corrected chi connectivity index (χ2v) is 17.9. The molecule has 12 aromatic rings. The van der Waals surface area contributed by atoms with Gasteiger partial charge in [-0.15, -0.1) is 0 Å². The van der Waals surface area contributed by atoms with E-state index in [9.17, 15) is 0 Å². The molecule has 10 aromatic carbocycles. The summed E-state index contributed by atoms with van der Waals surface area (Å²) in [5.41, 5.74) is 22.2. The van der Waals surface area contributed by atoms with Gasteiger partial charge in [0.05, 0.1) is 27.7 Å². The monoisotopic (exact) mass is 823 g/mol. The van der Waals surface area contributed by atoms with Gasteiger partial charge in [-0.3, -0.25) is 0 Å². The van der Waals surface area contributed by atoms with Crippen molar-refractivity contribution in [3.8, 4) is 11.1 Å². The van der Waals surface area contributed by atoms with E-state index in [1.807, 2.05) is 0 Å². The third kappa shape index (κ3) is 4.36. The lowest BCUT2D eigenvalue weighted by Crippen LogP contribution is -2.62. The van der Waals surface area contributed by atoms with E-state index in [-0.39, 0.29) is 6.71 Å². The third-order valence-corrected chi connectivity index (χ3v) is 15.0. The lowest BCUT2D eigenvalue weighted by atomic mass is 9.32. The van der Waals surface area contributed by atoms with Crippen molar-refractivity contribution in [2.75, 3.05) is 9.80 Å². The van der Waals surface area contributed by atoms with E-state index < -0.39 is 5.41 Å². The molecule has 0 amide bonds. The summed E-state index contributed by atoms with van der Waals surface area (Å²) in [6.07, 6.45) is 0. The van der Waals surface area contributed by atoms with Crippen LogP contribution in [-0.2, 0) is 5.41 Å². The molecule has 0 atom stereocenters. The van der Waals surface area contributed by atoms with Crippen LogP contribution in [0.2, 0.25) is 0 Å². The van der Waals surface area contributed by atoms with Gasteiger partial charge in [-0.25, -0.2) is 0 Å². The second kappa shape index (κ2) is 12.9. The molecule has 0 fully saturated rings. The van der Waals surface area contributed by atoms with Crippen LogP contribution in [0.4, 0.5) is 34.1 Å². The summed E-state index contributed by atoms with van der Waals surface area (Å²) in [5.74, 6) is 0. The normalized spacial score (nSPS) is 14.2. The van der Waals surface area contributed by atoms with Crippen LogP contribution in [0.15, 0.2) is 231 Å². The third-order valence-electron chi connectivity index (χ3n) is 15.0. The largest absolute Gasteiger partial charge is 0.311 e. The molecule has 4 heterocycles. The van der Waals surface area contributed by atoms with Crippen LogP contribution in [-0.4, -0.2) is 11.1 Å². The van der Waals surface area contributed by atoms with E-state index in [1.54, 1.807) is 0 Å². The molecule has 0 saturated carbocycles. The molecule has 3 nitrogen and oxygen atoms in total. The van der Waals surface area contributed by atoms with Gasteiger partial charge in [0, 0.05) is 50.0 Å². The summed E-state index contributed by atoms with van der Waals surface area (Å²) in [7, 11) is 0. The van der Waals surface area contributed by atoms with E-state index in [0.29, 0.717) is 0 Å². The van der Waals surface area contributed by atoms with Crippen LogP contribution in [0.5, 0.6) is 0 Å². The zero-order valence-corrected chi connectivity index (χ0v) is 35.4. The molecule has 0 saturated heterocycles. The summed E-state index contributed by atoms with van der Waals surface area (Å²) >= 11 is 0. The highest BCUT2D eigenvalue weighted by Crippen LogP contribution is 2.58. The van der Waals surface area contributed by atoms with E-state index in [2.05, 4.69) is 245 Å². The average Bonchev–Trinajstić information content (AvgIpc) is 4.01. The molecule has 0 radical (unpaired) electrons. The molecule has 0 bridgehead atoms. The molecule has 0 unspecified atom stereocenters. The van der Waals surface area contributed by atoms with Gasteiger partial charge in [-0.05, 0) is 104 Å². The van der Waals surface area contributed by atoms with Gasteiger partial charge >= 0.3 is 0 Å². The number of fused-ring (bicyclic) bond motifs is 15. The summed E-state index contributed by atoms with van der Waals surface area (Å²) in [6.45, 7) is -0.0855. The highest BCUT2D eigenvalue weighted by molar-refractivity contribution is 7.01. The predicted molar refractivity (Wildman–Crippen MR) is 272 cm³/mol. The second-order valence-electron chi connectivity index (χ2n) is 17.9. The molecule has 0 spiro atoms. The molecule has 1 aliphatic carbocycles. The SMILES string of the molecule is c1ccc(N2c3cccc4c3B(c3ccc5c(c3N4c3ccccc3)c3cccc4c6ccccc6n5c43)c3c2ccc2c3-c3ccccc3C2(c2ccccc2)c2ccccc2)cc1. The van der Waals surface area contributed by atoms with E-state index in [0.717, 1.165) is 11.4 Å². The van der Waals surface area contributed by atoms with Gasteiger partial charge in [-0.1, -0.05) is 176 Å². The van der Waals surface area contributed by atoms with Crippen molar-refractivity contribution in [1.29, 1.82) is 0 Å². The standard InChI is InChI=1S/C61H38BN3/c1-5-19-39(20-6-1)61(40-21-7-2-8-22-40)47-31-15-13-28-45(47)55-48(61)35-37-54-58(55)62-49-36-38-51-56(46-30-17-29-44-43-27-14-16-32-50(43)65(51)59(44)46)60(49)64(42-25-11-4-12-26-42)53-34-18-33-52(57(53)62)63(54)41-23-9-3-10-24-41/h1-38H. The number of rotatable bonds is 4. The van der Waals surface area contributed by atoms with Gasteiger partial charge in [0.1, 0.15) is 0 Å². The molecule has 2 aromatic heterocycles. The Morgan fingerprint density at radius 1 is 0.369 bits per heavy atom. The number of hydrogen-bond donors (Lipinski definition) is 0. The van der Waals surface area contributed by atoms with E-state index in [4.69, 9.17) is 0 Å². The number of para-hydroxylation sites is 4. The molecule has 300 valence electrons. The fourth-order valence-corrected chi connectivity index (χ4v) is 12.7. The zero-order valence-electron chi connectivity index (χ0n) is 35.4. The highest BCUT2D eigenvalue weighted by Gasteiger charge is 2.52. The maximum absolute atomic E-state index is 2.58. The fraction of sp³-hybridized carbons (Fsp3) is 0.0164. The lowest BCUT2D eigenvalue weighted by Gasteiger charge is -2.45. The molecular formula is C61H38BN3. The smallest absolute Gasteiger partial charge is 0.252 e. The van der Waals surface area contributed by atoms with Crippen molar-refractivity contribution < 1.29 is 0 Å². The Morgan fingerprint density at radius 3 is 1.68 bits per heavy atom. The van der Waals surface area contributed by atoms with Crippen LogP contribution in [0.25, 0.3) is 49.2 Å². The van der Waals surface area contributed by atoms with Crippen molar-refractivity contribution in [2.24, 2.45) is 0 Å². The van der Waals surface area contributed by atoms with E-state index in [1.165, 1.54) is 111 Å². The summed E-state index contributed by atoms with van der Waals surface area (Å²) in [6, 6.07) is 86.3. The number of anilines is 6. The predicted octanol–water partition coefficient (Wildman–Crippen LogP) is 13.3. The summed E-state index contributed by atoms with van der Waals surface area (Å²) < 4.78 is 2.53. The Kier molecular flexibility index (Phi) is 6.96. The van der Waals surface area contributed by atoms with Crippen LogP contribution in [0, 0.1) is 0 Å². The molecule has 4 heteroatoms. The van der Waals surface area contributed by atoms with Crippen LogP contribution in [0.1, 0.15) is 22.3 Å². The molecule has 15 rings (SSSR count). The first-order chi connectivity index (χ1) is 32.3. The Hall–Kier alpha value is -8.34. The maximum Gasteiger partial charge on any atom is 0.252 e. The van der Waals surface area contributed by atoms with Gasteiger partial charge in [0.2, 0.25) is 0 Å². The average molecular weight is 824 g/mol. The number of hydrogen-bond acceptors (Lipinski definition) is 2. The lowest BCUT2D eigenvalue weighted by molar-refractivity contribution is 0.769. The van der Waals surface area contributed by atoms with Crippen molar-refractivity contribution in [3.63, 3.8) is 0 Å². The first-order valence-electron chi connectivity index (χ1n) is 22.7. The first-order valence-corrected chi connectivity index (χ1v) is 22.7. The highest BCUT2D eigenvalue weighted by atomic mass is 15.2. The topological polar surface area (TPSA) is 10.9 Å². The molecule has 0 N–H and O–H groups in total. The van der Waals surface area contributed by atoms with Crippen molar-refractivity contribution >= 4 is 95.3 Å². The maximum atomic E-state index is 2.58. The Labute approximate surface area is 377 Å². The minimum atomic E-state index is -0.535. The Bertz CT molecular complexity index is 3860. The van der Waals surface area contributed by atoms with E-state index >= 15 is 0 Å². The van der Waals surface area contributed by atoms with Crippen molar-refractivity contribution in [2.45, 2.75) is 5.41 Å². The Morgan fingerprint density at radius 2 is 0.938 bits per heavy atom. The Balaban J connectivity index is 1.14. The first kappa shape index (κ1) is 35.2. The minimum Gasteiger partial charge on any atom is -0.311 e. The van der Waals surface area contributed by atoms with Gasteiger partial charge in [0.15, 0.2) is 0 Å². The molecule has 3 aliphatic rings. The summed E-state index contributed by atoms with van der Waals surface area (Å²) in [5, 5.41) is 5.15. The zero-order chi connectivity index (χ0) is 42.4. The van der Waals surface area contributed by atoms with Crippen molar-refractivity contribution in [3.05, 3.63) is 253 Å². The minimum absolute atomic E-state index is 0.0855. The quantitative estimate of drug-likeness (QED) is 0.164. The van der Waals surface area contributed by atoms with Gasteiger partial charge in [-0.2, -0.15) is 0 Å². The fourth-order valence-electron chi connectivity index (χ4n) is 12.7. The summed E-state index contributed by atoms with van der Waals surface area (Å²) in [4.78, 5) is 5.12. The molecular weight excluding hydrogens is 786 g/mol. The number of aromatic nitrogens is 1. The number of benzene rings is 10. The van der Waals surface area contributed by atoms with Crippen LogP contribution >= 0.6 is 0 Å². The van der Waals surface area contributed by atoms with Gasteiger partial charge < -0.3 is 14.2 Å².